The molecular formula is C22H23BrN4O2. The minimum Gasteiger partial charge on any atom is -0.444 e. The van der Waals surface area contributed by atoms with Gasteiger partial charge in [-0.3, -0.25) is 4.90 Å². The third kappa shape index (κ3) is 4.19. The van der Waals surface area contributed by atoms with Crippen LogP contribution < -0.4 is 0 Å². The molecule has 0 fully saturated rings. The van der Waals surface area contributed by atoms with Crippen molar-refractivity contribution in [1.29, 1.82) is 0 Å². The molecular weight excluding hydrogens is 432 g/mol. The largest absolute Gasteiger partial charge is 0.444 e. The van der Waals surface area contributed by atoms with Gasteiger partial charge in [0.2, 0.25) is 0 Å². The van der Waals surface area contributed by atoms with E-state index in [2.05, 4.69) is 26.2 Å². The number of rotatable bonds is 2. The monoisotopic (exact) mass is 454 g/mol. The van der Waals surface area contributed by atoms with Crippen molar-refractivity contribution < 1.29 is 9.53 Å². The van der Waals surface area contributed by atoms with E-state index < -0.39 is 5.60 Å². The molecule has 0 radical (unpaired) electrons. The van der Waals surface area contributed by atoms with Crippen LogP contribution in [0, 0.1) is 0 Å². The molecule has 0 spiro atoms. The molecule has 1 aliphatic heterocycles. The standard InChI is InChI=1S/C22H23BrN4O2/c1-22(2,3)29-21(28)26-13-19-20(16-9-11-17(23)12-10-16)24-25-27(19)14-18(26)15-7-5-4-6-8-15/h4-12,18H,13-14H2,1-3H3/t18-/m1/s1. The number of aromatic nitrogens is 3. The van der Waals surface area contributed by atoms with Gasteiger partial charge in [-0.05, 0) is 38.5 Å². The predicted molar refractivity (Wildman–Crippen MR) is 114 cm³/mol. The Kier molecular flexibility index (Phi) is 5.17. The highest BCUT2D eigenvalue weighted by atomic mass is 79.9. The minimum atomic E-state index is -0.567. The summed E-state index contributed by atoms with van der Waals surface area (Å²) < 4.78 is 8.61. The fourth-order valence-electron chi connectivity index (χ4n) is 3.47. The van der Waals surface area contributed by atoms with E-state index in [4.69, 9.17) is 4.74 Å². The molecule has 2 heterocycles. The Morgan fingerprint density at radius 2 is 1.79 bits per heavy atom. The van der Waals surface area contributed by atoms with Crippen LogP contribution in [0.3, 0.4) is 0 Å². The zero-order valence-corrected chi connectivity index (χ0v) is 18.3. The molecule has 6 nitrogen and oxygen atoms in total. The molecule has 4 rings (SSSR count). The van der Waals surface area contributed by atoms with Crippen molar-refractivity contribution in [3.63, 3.8) is 0 Å². The van der Waals surface area contributed by atoms with E-state index >= 15 is 0 Å². The van der Waals surface area contributed by atoms with Gasteiger partial charge in [0.05, 0.1) is 24.8 Å². The van der Waals surface area contributed by atoms with E-state index in [-0.39, 0.29) is 12.1 Å². The van der Waals surface area contributed by atoms with Gasteiger partial charge in [-0.25, -0.2) is 9.48 Å². The van der Waals surface area contributed by atoms with Crippen LogP contribution in [0.25, 0.3) is 11.3 Å². The van der Waals surface area contributed by atoms with Gasteiger partial charge in [-0.1, -0.05) is 63.6 Å². The molecule has 3 aromatic rings. The Balaban J connectivity index is 1.73. The van der Waals surface area contributed by atoms with Crippen LogP contribution in [-0.2, 0) is 17.8 Å². The molecule has 1 aliphatic rings. The molecule has 0 saturated heterocycles. The van der Waals surface area contributed by atoms with E-state index in [9.17, 15) is 4.79 Å². The van der Waals surface area contributed by atoms with Crippen molar-refractivity contribution in [3.05, 3.63) is 70.3 Å². The Morgan fingerprint density at radius 1 is 1.10 bits per heavy atom. The molecule has 7 heteroatoms. The first-order valence-electron chi connectivity index (χ1n) is 9.55. The van der Waals surface area contributed by atoms with Crippen molar-refractivity contribution in [2.75, 3.05) is 0 Å². The van der Waals surface area contributed by atoms with E-state index in [1.807, 2.05) is 80.1 Å². The summed E-state index contributed by atoms with van der Waals surface area (Å²) in [5.41, 5.74) is 3.15. The summed E-state index contributed by atoms with van der Waals surface area (Å²) in [6.45, 7) is 6.55. The molecule has 1 amide bonds. The second kappa shape index (κ2) is 7.63. The lowest BCUT2D eigenvalue weighted by Crippen LogP contribution is -2.43. The number of nitrogens with zero attached hydrogens (tertiary/aromatic N) is 4. The van der Waals surface area contributed by atoms with Gasteiger partial charge in [-0.15, -0.1) is 5.10 Å². The first-order chi connectivity index (χ1) is 13.8. The molecule has 29 heavy (non-hydrogen) atoms. The lowest BCUT2D eigenvalue weighted by atomic mass is 10.0. The number of benzene rings is 2. The number of carbonyl (C=O) groups excluding carboxylic acids is 1. The second-order valence-electron chi connectivity index (χ2n) is 8.11. The summed E-state index contributed by atoms with van der Waals surface area (Å²) in [6.07, 6.45) is -0.333. The number of halogens is 1. The molecule has 0 saturated carbocycles. The lowest BCUT2D eigenvalue weighted by molar-refractivity contribution is 0.00631. The van der Waals surface area contributed by atoms with E-state index in [0.717, 1.165) is 27.0 Å². The maximum Gasteiger partial charge on any atom is 0.411 e. The van der Waals surface area contributed by atoms with E-state index in [1.54, 1.807) is 4.90 Å². The molecule has 0 unspecified atom stereocenters. The van der Waals surface area contributed by atoms with Crippen LogP contribution in [0.5, 0.6) is 0 Å². The first-order valence-corrected chi connectivity index (χ1v) is 10.3. The number of amides is 1. The minimum absolute atomic E-state index is 0.169. The van der Waals surface area contributed by atoms with Gasteiger partial charge in [-0.2, -0.15) is 0 Å². The summed E-state index contributed by atoms with van der Waals surface area (Å²) in [5, 5.41) is 8.79. The van der Waals surface area contributed by atoms with Crippen LogP contribution in [0.15, 0.2) is 59.1 Å². The van der Waals surface area contributed by atoms with Crippen molar-refractivity contribution >= 4 is 22.0 Å². The third-order valence-electron chi connectivity index (χ3n) is 4.81. The zero-order valence-electron chi connectivity index (χ0n) is 16.7. The third-order valence-corrected chi connectivity index (χ3v) is 5.34. The summed E-state index contributed by atoms with van der Waals surface area (Å²) in [7, 11) is 0. The average Bonchev–Trinajstić information content (AvgIpc) is 3.10. The van der Waals surface area contributed by atoms with Crippen LogP contribution >= 0.6 is 15.9 Å². The topological polar surface area (TPSA) is 60.2 Å². The second-order valence-corrected chi connectivity index (χ2v) is 9.02. The smallest absolute Gasteiger partial charge is 0.411 e. The van der Waals surface area contributed by atoms with Gasteiger partial charge in [0, 0.05) is 10.0 Å². The van der Waals surface area contributed by atoms with E-state index in [1.165, 1.54) is 0 Å². The fourth-order valence-corrected chi connectivity index (χ4v) is 3.74. The molecule has 0 aliphatic carbocycles. The van der Waals surface area contributed by atoms with E-state index in [0.29, 0.717) is 13.1 Å². The number of hydrogen-bond donors (Lipinski definition) is 0. The van der Waals surface area contributed by atoms with Gasteiger partial charge in [0.25, 0.3) is 0 Å². The average molecular weight is 455 g/mol. The highest BCUT2D eigenvalue weighted by Crippen LogP contribution is 2.34. The normalized spacial score (nSPS) is 16.4. The van der Waals surface area contributed by atoms with Crippen molar-refractivity contribution in [2.45, 2.75) is 45.5 Å². The van der Waals surface area contributed by atoms with Crippen molar-refractivity contribution in [3.8, 4) is 11.3 Å². The highest BCUT2D eigenvalue weighted by molar-refractivity contribution is 9.10. The molecule has 1 aromatic heterocycles. The van der Waals surface area contributed by atoms with Gasteiger partial charge >= 0.3 is 6.09 Å². The lowest BCUT2D eigenvalue weighted by Gasteiger charge is -2.37. The highest BCUT2D eigenvalue weighted by Gasteiger charge is 2.36. The van der Waals surface area contributed by atoms with Crippen LogP contribution in [0.2, 0.25) is 0 Å². The molecule has 0 bridgehead atoms. The zero-order chi connectivity index (χ0) is 20.6. The summed E-state index contributed by atoms with van der Waals surface area (Å²) in [6, 6.07) is 17.8. The number of carbonyl (C=O) groups is 1. The Morgan fingerprint density at radius 3 is 2.45 bits per heavy atom. The predicted octanol–water partition coefficient (Wildman–Crippen LogP) is 5.20. The molecule has 0 N–H and O–H groups in total. The maximum absolute atomic E-state index is 13.1. The summed E-state index contributed by atoms with van der Waals surface area (Å²) in [4.78, 5) is 14.8. The van der Waals surface area contributed by atoms with Crippen LogP contribution in [-0.4, -0.2) is 31.6 Å². The quantitative estimate of drug-likeness (QED) is 0.533. The molecule has 1 atom stereocenters. The van der Waals surface area contributed by atoms with Gasteiger partial charge < -0.3 is 4.74 Å². The Bertz CT molecular complexity index is 1010. The summed E-state index contributed by atoms with van der Waals surface area (Å²) in [5.74, 6) is 0. The molecule has 150 valence electrons. The summed E-state index contributed by atoms with van der Waals surface area (Å²) >= 11 is 3.46. The maximum atomic E-state index is 13.1. The Hall–Kier alpha value is -2.67. The first kappa shape index (κ1) is 19.6. The fraction of sp³-hybridized carbons (Fsp3) is 0.318. The number of hydrogen-bond acceptors (Lipinski definition) is 4. The van der Waals surface area contributed by atoms with Crippen LogP contribution in [0.1, 0.15) is 38.1 Å². The van der Waals surface area contributed by atoms with Crippen molar-refractivity contribution in [2.24, 2.45) is 0 Å². The van der Waals surface area contributed by atoms with Crippen molar-refractivity contribution in [1.82, 2.24) is 19.9 Å². The number of fused-ring (bicyclic) bond motifs is 1. The molecule has 2 aromatic carbocycles. The SMILES string of the molecule is CC(C)(C)OC(=O)N1Cc2c(-c3ccc(Br)cc3)nnn2C[C@@H]1c1ccccc1. The Labute approximate surface area is 178 Å². The van der Waals surface area contributed by atoms with Crippen LogP contribution in [0.4, 0.5) is 4.79 Å². The van der Waals surface area contributed by atoms with Gasteiger partial charge in [0.1, 0.15) is 11.3 Å². The van der Waals surface area contributed by atoms with Gasteiger partial charge in [0.15, 0.2) is 0 Å². The number of ether oxygens (including phenoxy) is 1.